The molecule has 0 unspecified atom stereocenters. The SMILES string of the molecule is Cc1c(N[C@H](C)C(C)C)cccc1C(=O)Nc1cccc(CS(=O)(=O)C(C)(C)C)c1. The Bertz CT molecular complexity index is 1010. The van der Waals surface area contributed by atoms with Crippen LogP contribution in [0.25, 0.3) is 0 Å². The lowest BCUT2D eigenvalue weighted by molar-refractivity contribution is 0.102. The molecule has 2 aromatic rings. The first-order chi connectivity index (χ1) is 13.8. The second-order valence-electron chi connectivity index (χ2n) is 9.18. The van der Waals surface area contributed by atoms with Gasteiger partial charge in [0.15, 0.2) is 9.84 Å². The average molecular weight is 431 g/mol. The van der Waals surface area contributed by atoms with Gasteiger partial charge < -0.3 is 10.6 Å². The summed E-state index contributed by atoms with van der Waals surface area (Å²) in [5.41, 5.74) is 3.64. The molecule has 164 valence electrons. The lowest BCUT2D eigenvalue weighted by Gasteiger charge is -2.21. The predicted octanol–water partition coefficient (Wildman–Crippen LogP) is 5.42. The zero-order valence-corrected chi connectivity index (χ0v) is 19.9. The van der Waals surface area contributed by atoms with Crippen LogP contribution >= 0.6 is 0 Å². The first kappa shape index (κ1) is 23.9. The Morgan fingerprint density at radius 1 is 1.03 bits per heavy atom. The van der Waals surface area contributed by atoms with Gasteiger partial charge in [0.05, 0.1) is 10.5 Å². The number of nitrogens with one attached hydrogen (secondary N) is 2. The lowest BCUT2D eigenvalue weighted by atomic mass is 10.0. The quantitative estimate of drug-likeness (QED) is 0.615. The summed E-state index contributed by atoms with van der Waals surface area (Å²) < 4.78 is 24.2. The lowest BCUT2D eigenvalue weighted by Crippen LogP contribution is -2.29. The van der Waals surface area contributed by atoms with Crippen LogP contribution in [-0.4, -0.2) is 25.1 Å². The van der Waals surface area contributed by atoms with Crippen molar-refractivity contribution in [3.05, 3.63) is 59.2 Å². The Balaban J connectivity index is 2.21. The van der Waals surface area contributed by atoms with E-state index in [2.05, 4.69) is 31.4 Å². The van der Waals surface area contributed by atoms with E-state index in [0.29, 0.717) is 22.7 Å². The number of carbonyl (C=O) groups excluding carboxylic acids is 1. The fourth-order valence-corrected chi connectivity index (χ4v) is 3.87. The summed E-state index contributed by atoms with van der Waals surface area (Å²) in [6.45, 7) is 13.4. The number of benzene rings is 2. The number of anilines is 2. The summed E-state index contributed by atoms with van der Waals surface area (Å²) in [5, 5.41) is 6.38. The van der Waals surface area contributed by atoms with E-state index in [9.17, 15) is 13.2 Å². The molecule has 0 fully saturated rings. The Labute approximate surface area is 181 Å². The van der Waals surface area contributed by atoms with Gasteiger partial charge in [-0.2, -0.15) is 0 Å². The van der Waals surface area contributed by atoms with Crippen LogP contribution in [-0.2, 0) is 15.6 Å². The van der Waals surface area contributed by atoms with Crippen molar-refractivity contribution in [2.24, 2.45) is 5.92 Å². The number of amides is 1. The van der Waals surface area contributed by atoms with E-state index in [1.807, 2.05) is 19.1 Å². The molecular weight excluding hydrogens is 396 g/mol. The van der Waals surface area contributed by atoms with Crippen LogP contribution in [0.1, 0.15) is 63.0 Å². The summed E-state index contributed by atoms with van der Waals surface area (Å²) in [6, 6.07) is 12.9. The van der Waals surface area contributed by atoms with E-state index in [1.54, 1.807) is 51.1 Å². The molecule has 0 spiro atoms. The highest BCUT2D eigenvalue weighted by Gasteiger charge is 2.29. The fraction of sp³-hybridized carbons (Fsp3) is 0.458. The van der Waals surface area contributed by atoms with E-state index in [1.165, 1.54) is 0 Å². The van der Waals surface area contributed by atoms with Gasteiger partial charge in [0.2, 0.25) is 0 Å². The molecule has 0 heterocycles. The second kappa shape index (κ2) is 9.21. The minimum Gasteiger partial charge on any atom is -0.382 e. The van der Waals surface area contributed by atoms with E-state index < -0.39 is 14.6 Å². The van der Waals surface area contributed by atoms with Crippen molar-refractivity contribution >= 4 is 27.1 Å². The molecule has 0 radical (unpaired) electrons. The first-order valence-corrected chi connectivity index (χ1v) is 12.0. The highest BCUT2D eigenvalue weighted by Crippen LogP contribution is 2.24. The van der Waals surface area contributed by atoms with Gasteiger partial charge in [0.1, 0.15) is 0 Å². The summed E-state index contributed by atoms with van der Waals surface area (Å²) in [6.07, 6.45) is 0. The maximum atomic E-state index is 12.9. The Hall–Kier alpha value is -2.34. The summed E-state index contributed by atoms with van der Waals surface area (Å²) >= 11 is 0. The van der Waals surface area contributed by atoms with Crippen molar-refractivity contribution in [1.82, 2.24) is 0 Å². The third kappa shape index (κ3) is 5.85. The maximum Gasteiger partial charge on any atom is 0.256 e. The zero-order valence-electron chi connectivity index (χ0n) is 19.0. The van der Waals surface area contributed by atoms with Gasteiger partial charge in [-0.15, -0.1) is 0 Å². The molecule has 0 aliphatic heterocycles. The van der Waals surface area contributed by atoms with Crippen molar-refractivity contribution in [3.63, 3.8) is 0 Å². The van der Waals surface area contributed by atoms with Crippen LogP contribution in [0.15, 0.2) is 42.5 Å². The van der Waals surface area contributed by atoms with Gasteiger partial charge in [-0.1, -0.05) is 32.0 Å². The largest absolute Gasteiger partial charge is 0.382 e. The topological polar surface area (TPSA) is 75.3 Å². The fourth-order valence-electron chi connectivity index (χ4n) is 2.82. The molecule has 6 heteroatoms. The summed E-state index contributed by atoms with van der Waals surface area (Å²) in [5.74, 6) is 0.185. The van der Waals surface area contributed by atoms with Crippen LogP contribution in [0.4, 0.5) is 11.4 Å². The summed E-state index contributed by atoms with van der Waals surface area (Å²) in [4.78, 5) is 12.9. The monoisotopic (exact) mass is 430 g/mol. The van der Waals surface area contributed by atoms with E-state index >= 15 is 0 Å². The van der Waals surface area contributed by atoms with Crippen molar-refractivity contribution < 1.29 is 13.2 Å². The average Bonchev–Trinajstić information content (AvgIpc) is 2.62. The molecule has 30 heavy (non-hydrogen) atoms. The molecule has 0 aromatic heterocycles. The van der Waals surface area contributed by atoms with Gasteiger partial charge in [-0.3, -0.25) is 4.79 Å². The van der Waals surface area contributed by atoms with Crippen molar-refractivity contribution in [2.75, 3.05) is 10.6 Å². The number of rotatable bonds is 7. The number of sulfone groups is 1. The Kier molecular flexibility index (Phi) is 7.35. The normalized spacial score (nSPS) is 13.2. The molecule has 5 nitrogen and oxygen atoms in total. The van der Waals surface area contributed by atoms with E-state index in [0.717, 1.165) is 11.3 Å². The molecule has 1 atom stereocenters. The van der Waals surface area contributed by atoms with Crippen LogP contribution in [0.2, 0.25) is 0 Å². The molecule has 1 amide bonds. The third-order valence-electron chi connectivity index (χ3n) is 5.44. The highest BCUT2D eigenvalue weighted by atomic mass is 32.2. The summed E-state index contributed by atoms with van der Waals surface area (Å²) in [7, 11) is -3.30. The highest BCUT2D eigenvalue weighted by molar-refractivity contribution is 7.91. The molecule has 2 rings (SSSR count). The van der Waals surface area contributed by atoms with Crippen molar-refractivity contribution in [3.8, 4) is 0 Å². The van der Waals surface area contributed by atoms with E-state index in [-0.39, 0.29) is 17.7 Å². The van der Waals surface area contributed by atoms with Gasteiger partial charge in [-0.25, -0.2) is 8.42 Å². The van der Waals surface area contributed by atoms with Crippen LogP contribution in [0.3, 0.4) is 0 Å². The molecule has 2 N–H and O–H groups in total. The van der Waals surface area contributed by atoms with Crippen molar-refractivity contribution in [1.29, 1.82) is 0 Å². The van der Waals surface area contributed by atoms with Crippen molar-refractivity contribution in [2.45, 2.75) is 65.0 Å². The Morgan fingerprint density at radius 2 is 1.67 bits per heavy atom. The van der Waals surface area contributed by atoms with E-state index in [4.69, 9.17) is 0 Å². The van der Waals surface area contributed by atoms with Gasteiger partial charge >= 0.3 is 0 Å². The van der Waals surface area contributed by atoms with Gasteiger partial charge in [0.25, 0.3) is 5.91 Å². The van der Waals surface area contributed by atoms with Crippen LogP contribution in [0, 0.1) is 12.8 Å². The van der Waals surface area contributed by atoms with Crippen LogP contribution in [0.5, 0.6) is 0 Å². The molecule has 2 aromatic carbocycles. The van der Waals surface area contributed by atoms with Gasteiger partial charge in [0, 0.05) is 23.0 Å². The zero-order chi connectivity index (χ0) is 22.7. The standard InChI is InChI=1S/C24H34N2O3S/c1-16(2)18(4)25-22-13-9-12-21(17(22)3)23(27)26-20-11-8-10-19(14-20)15-30(28,29)24(5,6)7/h8-14,16,18,25H,15H2,1-7H3,(H,26,27)/t18-/m1/s1. The third-order valence-corrected chi connectivity index (χ3v) is 8.02. The number of carbonyl (C=O) groups is 1. The minimum absolute atomic E-state index is 0.0638. The molecule has 0 bridgehead atoms. The smallest absolute Gasteiger partial charge is 0.256 e. The molecule has 0 aliphatic carbocycles. The minimum atomic E-state index is -3.30. The molecule has 0 saturated heterocycles. The van der Waals surface area contributed by atoms with Gasteiger partial charge in [-0.05, 0) is 75.9 Å². The molecule has 0 saturated carbocycles. The number of hydrogen-bond donors (Lipinski definition) is 2. The second-order valence-corrected chi connectivity index (χ2v) is 11.9. The maximum absolute atomic E-state index is 12.9. The number of hydrogen-bond acceptors (Lipinski definition) is 4. The molecular formula is C24H34N2O3S. The molecule has 0 aliphatic rings. The predicted molar refractivity (Wildman–Crippen MR) is 126 cm³/mol. The Morgan fingerprint density at radius 3 is 2.27 bits per heavy atom. The first-order valence-electron chi connectivity index (χ1n) is 10.3. The van der Waals surface area contributed by atoms with Crippen LogP contribution < -0.4 is 10.6 Å².